The number of hydrogen-bond acceptors (Lipinski definition) is 1. The van der Waals surface area contributed by atoms with Crippen LogP contribution in [0.2, 0.25) is 0 Å². The van der Waals surface area contributed by atoms with Gasteiger partial charge in [-0.3, -0.25) is 4.79 Å². The van der Waals surface area contributed by atoms with Crippen LogP contribution >= 0.6 is 31.9 Å². The maximum atomic E-state index is 12.5. The van der Waals surface area contributed by atoms with E-state index in [0.29, 0.717) is 5.92 Å². The maximum absolute atomic E-state index is 12.5. The Balaban J connectivity index is 1.80. The lowest BCUT2D eigenvalue weighted by molar-refractivity contribution is 0.0965. The molecule has 0 aliphatic heterocycles. The van der Waals surface area contributed by atoms with Crippen LogP contribution < -0.4 is 0 Å². The second-order valence-electron chi connectivity index (χ2n) is 4.88. The summed E-state index contributed by atoms with van der Waals surface area (Å²) in [6, 6.07) is 16.0. The molecule has 2 aromatic carbocycles. The zero-order valence-corrected chi connectivity index (χ0v) is 13.3. The van der Waals surface area contributed by atoms with Crippen LogP contribution in [-0.2, 0) is 0 Å². The van der Waals surface area contributed by atoms with Gasteiger partial charge in [-0.1, -0.05) is 62.2 Å². The third-order valence-corrected chi connectivity index (χ3v) is 4.42. The monoisotopic (exact) mass is 378 g/mol. The van der Waals surface area contributed by atoms with Gasteiger partial charge in [0.25, 0.3) is 0 Å². The number of hydrogen-bond donors (Lipinski definition) is 0. The number of carbonyl (C=O) groups excluding carboxylic acids is 1. The van der Waals surface area contributed by atoms with Crippen molar-refractivity contribution in [3.05, 3.63) is 68.6 Å². The van der Waals surface area contributed by atoms with E-state index in [0.717, 1.165) is 20.9 Å². The minimum absolute atomic E-state index is 0.142. The Kier molecular flexibility index (Phi) is 3.59. The normalized spacial score (nSPS) is 21.2. The molecular weight excluding hydrogens is 368 g/mol. The van der Waals surface area contributed by atoms with E-state index in [9.17, 15) is 4.79 Å². The van der Waals surface area contributed by atoms with E-state index in [-0.39, 0.29) is 11.7 Å². The van der Waals surface area contributed by atoms with E-state index in [4.69, 9.17) is 0 Å². The lowest BCUT2D eigenvalue weighted by Crippen LogP contribution is -2.03. The van der Waals surface area contributed by atoms with Crippen LogP contribution in [0.3, 0.4) is 0 Å². The first-order valence-electron chi connectivity index (χ1n) is 6.20. The molecular formula is C16H12Br2O. The maximum Gasteiger partial charge on any atom is 0.166 e. The van der Waals surface area contributed by atoms with E-state index in [1.54, 1.807) is 0 Å². The molecule has 2 atom stereocenters. The van der Waals surface area contributed by atoms with Crippen molar-refractivity contribution in [1.29, 1.82) is 0 Å². The van der Waals surface area contributed by atoms with E-state index < -0.39 is 0 Å². The first-order chi connectivity index (χ1) is 9.15. The van der Waals surface area contributed by atoms with Crippen LogP contribution in [0.4, 0.5) is 0 Å². The minimum atomic E-state index is 0.142. The third kappa shape index (κ3) is 2.82. The largest absolute Gasteiger partial charge is 0.294 e. The summed E-state index contributed by atoms with van der Waals surface area (Å²) in [5.74, 6) is 0.783. The van der Waals surface area contributed by atoms with Gasteiger partial charge in [-0.15, -0.1) is 0 Å². The fourth-order valence-electron chi connectivity index (χ4n) is 2.46. The number of benzene rings is 2. The van der Waals surface area contributed by atoms with Gasteiger partial charge in [0, 0.05) is 20.4 Å². The van der Waals surface area contributed by atoms with Gasteiger partial charge in [-0.2, -0.15) is 0 Å². The Bertz CT molecular complexity index is 602. The molecule has 1 fully saturated rings. The summed E-state index contributed by atoms with van der Waals surface area (Å²) in [6.07, 6.45) is 0.965. The molecule has 1 aliphatic carbocycles. The highest BCUT2D eigenvalue weighted by molar-refractivity contribution is 9.11. The van der Waals surface area contributed by atoms with Crippen molar-refractivity contribution in [2.75, 3.05) is 0 Å². The van der Waals surface area contributed by atoms with Crippen LogP contribution in [-0.4, -0.2) is 5.78 Å². The predicted octanol–water partition coefficient (Wildman–Crippen LogP) is 5.20. The molecule has 0 heterocycles. The van der Waals surface area contributed by atoms with Crippen molar-refractivity contribution in [2.24, 2.45) is 5.92 Å². The quantitative estimate of drug-likeness (QED) is 0.670. The molecule has 2 aromatic rings. The van der Waals surface area contributed by atoms with Gasteiger partial charge in [0.15, 0.2) is 5.78 Å². The second kappa shape index (κ2) is 5.22. The third-order valence-electron chi connectivity index (χ3n) is 3.50. The molecule has 0 bridgehead atoms. The van der Waals surface area contributed by atoms with Crippen LogP contribution in [0.1, 0.15) is 28.3 Å². The van der Waals surface area contributed by atoms with E-state index >= 15 is 0 Å². The van der Waals surface area contributed by atoms with Crippen LogP contribution in [0, 0.1) is 5.92 Å². The van der Waals surface area contributed by atoms with Gasteiger partial charge in [0.1, 0.15) is 0 Å². The van der Waals surface area contributed by atoms with E-state index in [2.05, 4.69) is 44.0 Å². The summed E-state index contributed by atoms with van der Waals surface area (Å²) in [5, 5.41) is 0. The number of carbonyl (C=O) groups is 1. The smallest absolute Gasteiger partial charge is 0.166 e. The molecule has 0 aromatic heterocycles. The summed E-state index contributed by atoms with van der Waals surface area (Å²) in [5.41, 5.74) is 2.06. The molecule has 2 unspecified atom stereocenters. The summed E-state index contributed by atoms with van der Waals surface area (Å²) < 4.78 is 1.87. The summed E-state index contributed by atoms with van der Waals surface area (Å²) >= 11 is 6.86. The molecule has 0 radical (unpaired) electrons. The standard InChI is InChI=1S/C16H12Br2O/c17-12-6-11(7-13(18)8-12)16(19)15-9-14(15)10-4-2-1-3-5-10/h1-8,14-15H,9H2. The Morgan fingerprint density at radius 1 is 1.00 bits per heavy atom. The van der Waals surface area contributed by atoms with Crippen molar-refractivity contribution in [3.8, 4) is 0 Å². The minimum Gasteiger partial charge on any atom is -0.294 e. The Morgan fingerprint density at radius 2 is 1.63 bits per heavy atom. The van der Waals surface area contributed by atoms with Gasteiger partial charge in [-0.25, -0.2) is 0 Å². The highest BCUT2D eigenvalue weighted by Crippen LogP contribution is 2.49. The molecule has 0 N–H and O–H groups in total. The number of ketones is 1. The molecule has 0 amide bonds. The molecule has 19 heavy (non-hydrogen) atoms. The van der Waals surface area contributed by atoms with E-state index in [1.165, 1.54) is 5.56 Å². The molecule has 1 aliphatic rings. The Morgan fingerprint density at radius 3 is 2.26 bits per heavy atom. The topological polar surface area (TPSA) is 17.1 Å². The molecule has 1 nitrogen and oxygen atoms in total. The van der Waals surface area contributed by atoms with Crippen molar-refractivity contribution in [2.45, 2.75) is 12.3 Å². The summed E-state index contributed by atoms with van der Waals surface area (Å²) in [4.78, 5) is 12.5. The van der Waals surface area contributed by atoms with Gasteiger partial charge in [0.05, 0.1) is 0 Å². The lowest BCUT2D eigenvalue weighted by Gasteiger charge is -2.03. The number of Topliss-reactive ketones (excluding diaryl/α,β-unsaturated/α-hetero) is 1. The van der Waals surface area contributed by atoms with Crippen LogP contribution in [0.25, 0.3) is 0 Å². The average Bonchev–Trinajstić information content (AvgIpc) is 3.18. The predicted molar refractivity (Wildman–Crippen MR) is 83.5 cm³/mol. The first kappa shape index (κ1) is 13.1. The van der Waals surface area contributed by atoms with Gasteiger partial charge in [-0.05, 0) is 36.1 Å². The summed E-state index contributed by atoms with van der Waals surface area (Å²) in [6.45, 7) is 0. The first-order valence-corrected chi connectivity index (χ1v) is 7.79. The molecule has 3 rings (SSSR count). The van der Waals surface area contributed by atoms with Gasteiger partial charge in [0.2, 0.25) is 0 Å². The highest BCUT2D eigenvalue weighted by atomic mass is 79.9. The number of halogens is 2. The van der Waals surface area contributed by atoms with Crippen molar-refractivity contribution in [3.63, 3.8) is 0 Å². The number of rotatable bonds is 3. The Labute approximate surface area is 129 Å². The zero-order chi connectivity index (χ0) is 13.4. The fourth-order valence-corrected chi connectivity index (χ4v) is 3.76. The zero-order valence-electron chi connectivity index (χ0n) is 10.1. The summed E-state index contributed by atoms with van der Waals surface area (Å²) in [7, 11) is 0. The second-order valence-corrected chi connectivity index (χ2v) is 6.71. The highest BCUT2D eigenvalue weighted by Gasteiger charge is 2.43. The van der Waals surface area contributed by atoms with Crippen molar-refractivity contribution in [1.82, 2.24) is 0 Å². The fraction of sp³-hybridized carbons (Fsp3) is 0.188. The molecule has 0 saturated heterocycles. The molecule has 0 spiro atoms. The van der Waals surface area contributed by atoms with Gasteiger partial charge < -0.3 is 0 Å². The van der Waals surface area contributed by atoms with Crippen LogP contribution in [0.5, 0.6) is 0 Å². The van der Waals surface area contributed by atoms with E-state index in [1.807, 2.05) is 36.4 Å². The molecule has 1 saturated carbocycles. The Hall–Kier alpha value is -0.930. The SMILES string of the molecule is O=C(c1cc(Br)cc(Br)c1)C1CC1c1ccccc1. The van der Waals surface area contributed by atoms with Gasteiger partial charge >= 0.3 is 0 Å². The average molecular weight is 380 g/mol. The molecule has 3 heteroatoms. The van der Waals surface area contributed by atoms with Crippen LogP contribution in [0.15, 0.2) is 57.5 Å². The lowest BCUT2D eigenvalue weighted by atomic mass is 10.0. The van der Waals surface area contributed by atoms with Crippen molar-refractivity contribution >= 4 is 37.6 Å². The van der Waals surface area contributed by atoms with Crippen molar-refractivity contribution < 1.29 is 4.79 Å². The molecule has 96 valence electrons.